The summed E-state index contributed by atoms with van der Waals surface area (Å²) >= 11 is 0. The number of hydrogen-bond acceptors (Lipinski definition) is 3. The van der Waals surface area contributed by atoms with Gasteiger partial charge in [-0.3, -0.25) is 4.68 Å². The van der Waals surface area contributed by atoms with E-state index in [1.807, 2.05) is 0 Å². The molecule has 0 radical (unpaired) electrons. The SMILES string of the molecule is Cn1nccc1C(O)c1ccoc1. The van der Waals surface area contributed by atoms with Crippen LogP contribution in [0.1, 0.15) is 17.4 Å². The summed E-state index contributed by atoms with van der Waals surface area (Å²) in [5, 5.41) is 13.8. The third-order valence-electron chi connectivity index (χ3n) is 2.00. The highest BCUT2D eigenvalue weighted by molar-refractivity contribution is 5.20. The number of hydrogen-bond donors (Lipinski definition) is 1. The van der Waals surface area contributed by atoms with Crippen LogP contribution in [0.15, 0.2) is 35.3 Å². The lowest BCUT2D eigenvalue weighted by atomic mass is 10.1. The molecule has 2 rings (SSSR count). The summed E-state index contributed by atoms with van der Waals surface area (Å²) in [5.74, 6) is 0. The maximum atomic E-state index is 9.83. The Morgan fingerprint density at radius 1 is 1.54 bits per heavy atom. The summed E-state index contributed by atoms with van der Waals surface area (Å²) in [4.78, 5) is 0. The van der Waals surface area contributed by atoms with Crippen molar-refractivity contribution >= 4 is 0 Å². The Kier molecular flexibility index (Phi) is 1.90. The third kappa shape index (κ3) is 1.36. The molecule has 2 heterocycles. The van der Waals surface area contributed by atoms with Crippen molar-refractivity contribution in [3.05, 3.63) is 42.1 Å². The van der Waals surface area contributed by atoms with Crippen LogP contribution < -0.4 is 0 Å². The van der Waals surface area contributed by atoms with Gasteiger partial charge in [-0.25, -0.2) is 0 Å². The lowest BCUT2D eigenvalue weighted by Crippen LogP contribution is -2.05. The molecule has 0 aromatic carbocycles. The second kappa shape index (κ2) is 3.06. The van der Waals surface area contributed by atoms with Crippen molar-refractivity contribution in [2.24, 2.45) is 7.05 Å². The molecular formula is C9H10N2O2. The van der Waals surface area contributed by atoms with E-state index in [1.54, 1.807) is 30.1 Å². The molecule has 68 valence electrons. The first-order valence-electron chi connectivity index (χ1n) is 3.97. The van der Waals surface area contributed by atoms with Crippen molar-refractivity contribution < 1.29 is 9.52 Å². The second-order valence-corrected chi connectivity index (χ2v) is 2.84. The van der Waals surface area contributed by atoms with Crippen molar-refractivity contribution in [1.29, 1.82) is 0 Å². The molecule has 0 bridgehead atoms. The van der Waals surface area contributed by atoms with Crippen LogP contribution >= 0.6 is 0 Å². The molecule has 1 atom stereocenters. The molecule has 0 spiro atoms. The molecule has 4 nitrogen and oxygen atoms in total. The number of aromatic nitrogens is 2. The molecule has 0 saturated heterocycles. The average Bonchev–Trinajstić information content (AvgIpc) is 2.72. The Balaban J connectivity index is 2.33. The van der Waals surface area contributed by atoms with Crippen molar-refractivity contribution in [3.8, 4) is 0 Å². The Morgan fingerprint density at radius 2 is 2.38 bits per heavy atom. The Labute approximate surface area is 75.4 Å². The van der Waals surface area contributed by atoms with Crippen molar-refractivity contribution in [1.82, 2.24) is 9.78 Å². The van der Waals surface area contributed by atoms with Gasteiger partial charge in [-0.1, -0.05) is 0 Å². The topological polar surface area (TPSA) is 51.2 Å². The normalized spacial score (nSPS) is 13.1. The molecule has 2 aromatic rings. The summed E-state index contributed by atoms with van der Waals surface area (Å²) in [5.41, 5.74) is 1.49. The van der Waals surface area contributed by atoms with Gasteiger partial charge in [0.15, 0.2) is 0 Å². The van der Waals surface area contributed by atoms with Crippen LogP contribution in [0.2, 0.25) is 0 Å². The molecule has 4 heteroatoms. The van der Waals surface area contributed by atoms with Gasteiger partial charge in [-0.05, 0) is 12.1 Å². The minimum atomic E-state index is -0.661. The zero-order valence-corrected chi connectivity index (χ0v) is 7.21. The summed E-state index contributed by atoms with van der Waals surface area (Å²) < 4.78 is 6.52. The minimum absolute atomic E-state index is 0.661. The Hall–Kier alpha value is -1.55. The quantitative estimate of drug-likeness (QED) is 0.749. The lowest BCUT2D eigenvalue weighted by molar-refractivity contribution is 0.209. The van der Waals surface area contributed by atoms with Crippen molar-refractivity contribution in [2.75, 3.05) is 0 Å². The monoisotopic (exact) mass is 178 g/mol. The minimum Gasteiger partial charge on any atom is -0.472 e. The van der Waals surface area contributed by atoms with Gasteiger partial charge in [-0.2, -0.15) is 5.10 Å². The van der Waals surface area contributed by atoms with Gasteiger partial charge in [0, 0.05) is 18.8 Å². The Bertz CT molecular complexity index is 378. The van der Waals surface area contributed by atoms with Crippen molar-refractivity contribution in [2.45, 2.75) is 6.10 Å². The summed E-state index contributed by atoms with van der Waals surface area (Å²) in [6.45, 7) is 0. The number of rotatable bonds is 2. The molecule has 0 aliphatic rings. The molecule has 1 unspecified atom stereocenters. The van der Waals surface area contributed by atoms with E-state index in [1.165, 1.54) is 12.5 Å². The number of aryl methyl sites for hydroxylation is 1. The number of aliphatic hydroxyl groups excluding tert-OH is 1. The largest absolute Gasteiger partial charge is 0.472 e. The fourth-order valence-electron chi connectivity index (χ4n) is 1.25. The predicted octanol–water partition coefficient (Wildman–Crippen LogP) is 1.09. The molecule has 0 saturated carbocycles. The van der Waals surface area contributed by atoms with Crippen molar-refractivity contribution in [3.63, 3.8) is 0 Å². The second-order valence-electron chi connectivity index (χ2n) is 2.84. The summed E-state index contributed by atoms with van der Waals surface area (Å²) in [6.07, 6.45) is 4.05. The van der Waals surface area contributed by atoms with Gasteiger partial charge in [0.1, 0.15) is 6.10 Å². The zero-order chi connectivity index (χ0) is 9.26. The highest BCUT2D eigenvalue weighted by Gasteiger charge is 2.14. The average molecular weight is 178 g/mol. The first-order chi connectivity index (χ1) is 6.29. The van der Waals surface area contributed by atoms with Crippen LogP contribution in [-0.2, 0) is 7.05 Å². The van der Waals surface area contributed by atoms with E-state index >= 15 is 0 Å². The van der Waals surface area contributed by atoms with E-state index in [9.17, 15) is 5.11 Å². The molecule has 0 aliphatic heterocycles. The number of aliphatic hydroxyl groups is 1. The van der Waals surface area contributed by atoms with E-state index in [2.05, 4.69) is 5.10 Å². The van der Waals surface area contributed by atoms with Gasteiger partial charge >= 0.3 is 0 Å². The highest BCUT2D eigenvalue weighted by atomic mass is 16.3. The molecule has 13 heavy (non-hydrogen) atoms. The van der Waals surface area contributed by atoms with Gasteiger partial charge in [0.25, 0.3) is 0 Å². The van der Waals surface area contributed by atoms with Gasteiger partial charge < -0.3 is 9.52 Å². The fourth-order valence-corrected chi connectivity index (χ4v) is 1.25. The fraction of sp³-hybridized carbons (Fsp3) is 0.222. The molecular weight excluding hydrogens is 168 g/mol. The zero-order valence-electron chi connectivity index (χ0n) is 7.21. The van der Waals surface area contributed by atoms with Crippen LogP contribution in [0.3, 0.4) is 0 Å². The van der Waals surface area contributed by atoms with E-state index in [-0.39, 0.29) is 0 Å². The standard InChI is InChI=1S/C9H10N2O2/c1-11-8(2-4-10-11)9(12)7-3-5-13-6-7/h2-6,9,12H,1H3. The molecule has 0 aliphatic carbocycles. The van der Waals surface area contributed by atoms with Crippen LogP contribution in [0.5, 0.6) is 0 Å². The maximum absolute atomic E-state index is 9.83. The first-order valence-corrected chi connectivity index (χ1v) is 3.97. The highest BCUT2D eigenvalue weighted by Crippen LogP contribution is 2.20. The summed E-state index contributed by atoms with van der Waals surface area (Å²) in [6, 6.07) is 3.51. The smallest absolute Gasteiger partial charge is 0.124 e. The van der Waals surface area contributed by atoms with E-state index in [0.717, 1.165) is 11.3 Å². The summed E-state index contributed by atoms with van der Waals surface area (Å²) in [7, 11) is 1.79. The third-order valence-corrected chi connectivity index (χ3v) is 2.00. The molecule has 1 N–H and O–H groups in total. The van der Waals surface area contributed by atoms with Crippen LogP contribution in [0, 0.1) is 0 Å². The van der Waals surface area contributed by atoms with E-state index < -0.39 is 6.10 Å². The van der Waals surface area contributed by atoms with Gasteiger partial charge in [0.05, 0.1) is 18.2 Å². The van der Waals surface area contributed by atoms with E-state index in [0.29, 0.717) is 0 Å². The maximum Gasteiger partial charge on any atom is 0.124 e. The number of furan rings is 1. The van der Waals surface area contributed by atoms with Gasteiger partial charge in [0.2, 0.25) is 0 Å². The van der Waals surface area contributed by atoms with Gasteiger partial charge in [-0.15, -0.1) is 0 Å². The van der Waals surface area contributed by atoms with Crippen LogP contribution in [0.25, 0.3) is 0 Å². The van der Waals surface area contributed by atoms with Crippen LogP contribution in [0.4, 0.5) is 0 Å². The molecule has 0 fully saturated rings. The van der Waals surface area contributed by atoms with E-state index in [4.69, 9.17) is 4.42 Å². The first kappa shape index (κ1) is 8.07. The molecule has 0 amide bonds. The molecule has 2 aromatic heterocycles. The lowest BCUT2D eigenvalue weighted by Gasteiger charge is -2.07. The predicted molar refractivity (Wildman–Crippen MR) is 46.0 cm³/mol. The number of nitrogens with zero attached hydrogens (tertiary/aromatic N) is 2. The van der Waals surface area contributed by atoms with Crippen LogP contribution in [-0.4, -0.2) is 14.9 Å². The Morgan fingerprint density at radius 3 is 2.92 bits per heavy atom.